The predicted octanol–water partition coefficient (Wildman–Crippen LogP) is 3.68. The number of aryl methyl sites for hydroxylation is 2. The fourth-order valence-electron chi connectivity index (χ4n) is 3.52. The standard InChI is InChI=1S/C21H23N5O2/c1-15-14-18(28-16-8-4-3-5-9-16)24-19(23-15)17-10-6-7-12-26(17)21(27)20-22-11-13-25(20)2/h3-5,8-9,11,13-14,17H,6-7,10,12H2,1-2H3/t17-/m1/s1. The lowest BCUT2D eigenvalue weighted by atomic mass is 10.0. The lowest BCUT2D eigenvalue weighted by Gasteiger charge is -2.34. The van der Waals surface area contributed by atoms with E-state index in [4.69, 9.17) is 4.74 Å². The molecule has 0 saturated carbocycles. The van der Waals surface area contributed by atoms with Crippen LogP contribution in [0.3, 0.4) is 0 Å². The van der Waals surface area contributed by atoms with Crippen molar-refractivity contribution in [2.75, 3.05) is 6.54 Å². The molecule has 4 rings (SSSR count). The molecule has 1 aromatic carbocycles. The Bertz CT molecular complexity index is 970. The van der Waals surface area contributed by atoms with Crippen molar-refractivity contribution in [1.29, 1.82) is 0 Å². The van der Waals surface area contributed by atoms with E-state index in [1.54, 1.807) is 17.0 Å². The molecule has 0 radical (unpaired) electrons. The number of ether oxygens (including phenoxy) is 1. The fourth-order valence-corrected chi connectivity index (χ4v) is 3.52. The number of hydrogen-bond donors (Lipinski definition) is 0. The molecule has 0 unspecified atom stereocenters. The zero-order chi connectivity index (χ0) is 19.5. The van der Waals surface area contributed by atoms with E-state index >= 15 is 0 Å². The summed E-state index contributed by atoms with van der Waals surface area (Å²) >= 11 is 0. The second kappa shape index (κ2) is 7.80. The minimum Gasteiger partial charge on any atom is -0.439 e. The van der Waals surface area contributed by atoms with Crippen LogP contribution >= 0.6 is 0 Å². The Kier molecular flexibility index (Phi) is 5.06. The van der Waals surface area contributed by atoms with Crippen LogP contribution in [0.15, 0.2) is 48.8 Å². The summed E-state index contributed by atoms with van der Waals surface area (Å²) in [6, 6.07) is 11.2. The average molecular weight is 377 g/mol. The smallest absolute Gasteiger partial charge is 0.290 e. The number of aromatic nitrogens is 4. The summed E-state index contributed by atoms with van der Waals surface area (Å²) in [5.74, 6) is 2.17. The molecule has 7 heteroatoms. The molecule has 1 fully saturated rings. The highest BCUT2D eigenvalue weighted by Crippen LogP contribution is 2.31. The molecule has 0 N–H and O–H groups in total. The van der Waals surface area contributed by atoms with Gasteiger partial charge in [-0.25, -0.2) is 9.97 Å². The Morgan fingerprint density at radius 3 is 2.75 bits per heavy atom. The number of carbonyl (C=O) groups is 1. The number of para-hydroxylation sites is 1. The number of nitrogens with zero attached hydrogens (tertiary/aromatic N) is 5. The van der Waals surface area contributed by atoms with Gasteiger partial charge in [-0.2, -0.15) is 4.98 Å². The van der Waals surface area contributed by atoms with Crippen LogP contribution < -0.4 is 4.74 Å². The zero-order valence-electron chi connectivity index (χ0n) is 16.1. The number of piperidine rings is 1. The molecule has 0 bridgehead atoms. The van der Waals surface area contributed by atoms with E-state index in [1.807, 2.05) is 55.3 Å². The summed E-state index contributed by atoms with van der Waals surface area (Å²) < 4.78 is 7.65. The highest BCUT2D eigenvalue weighted by molar-refractivity contribution is 5.91. The summed E-state index contributed by atoms with van der Waals surface area (Å²) in [4.78, 5) is 28.4. The second-order valence-corrected chi connectivity index (χ2v) is 6.99. The minimum atomic E-state index is -0.184. The molecule has 1 atom stereocenters. The third-order valence-electron chi connectivity index (χ3n) is 4.89. The van der Waals surface area contributed by atoms with Crippen molar-refractivity contribution >= 4 is 5.91 Å². The van der Waals surface area contributed by atoms with E-state index in [0.29, 0.717) is 24.1 Å². The number of rotatable bonds is 4. The first-order chi connectivity index (χ1) is 13.6. The maximum atomic E-state index is 13.1. The molecular formula is C21H23N5O2. The van der Waals surface area contributed by atoms with Gasteiger partial charge < -0.3 is 14.2 Å². The molecule has 1 aliphatic rings. The molecule has 0 aliphatic carbocycles. The van der Waals surface area contributed by atoms with Crippen LogP contribution in [0.1, 0.15) is 47.4 Å². The van der Waals surface area contributed by atoms with Gasteiger partial charge in [-0.05, 0) is 38.3 Å². The van der Waals surface area contributed by atoms with Gasteiger partial charge in [0.2, 0.25) is 5.88 Å². The van der Waals surface area contributed by atoms with Crippen LogP contribution in [0.5, 0.6) is 11.6 Å². The highest BCUT2D eigenvalue weighted by atomic mass is 16.5. The van der Waals surface area contributed by atoms with E-state index in [1.165, 1.54) is 0 Å². The summed E-state index contributed by atoms with van der Waals surface area (Å²) in [6.45, 7) is 2.58. The van der Waals surface area contributed by atoms with Gasteiger partial charge in [0.05, 0.1) is 6.04 Å². The quantitative estimate of drug-likeness (QED) is 0.693. The van der Waals surface area contributed by atoms with Crippen LogP contribution in [0.2, 0.25) is 0 Å². The maximum Gasteiger partial charge on any atom is 0.290 e. The number of benzene rings is 1. The molecule has 1 amide bonds. The van der Waals surface area contributed by atoms with Crippen LogP contribution in [0, 0.1) is 6.92 Å². The first-order valence-corrected chi connectivity index (χ1v) is 9.48. The van der Waals surface area contributed by atoms with Crippen LogP contribution in [0.25, 0.3) is 0 Å². The maximum absolute atomic E-state index is 13.1. The van der Waals surface area contributed by atoms with Crippen molar-refractivity contribution in [3.8, 4) is 11.6 Å². The lowest BCUT2D eigenvalue weighted by Crippen LogP contribution is -2.40. The van der Waals surface area contributed by atoms with Crippen molar-refractivity contribution < 1.29 is 9.53 Å². The van der Waals surface area contributed by atoms with Gasteiger partial charge in [0.15, 0.2) is 11.6 Å². The number of imidazole rings is 1. The lowest BCUT2D eigenvalue weighted by molar-refractivity contribution is 0.0582. The molecule has 0 spiro atoms. The number of likely N-dealkylation sites (tertiary alicyclic amines) is 1. The Labute approximate surface area is 164 Å². The molecule has 1 saturated heterocycles. The van der Waals surface area contributed by atoms with Gasteiger partial charge in [0.1, 0.15) is 5.75 Å². The summed E-state index contributed by atoms with van der Waals surface area (Å²) in [7, 11) is 1.83. The first kappa shape index (κ1) is 18.2. The van der Waals surface area contributed by atoms with E-state index in [2.05, 4.69) is 15.0 Å². The van der Waals surface area contributed by atoms with Gasteiger partial charge in [-0.15, -0.1) is 0 Å². The van der Waals surface area contributed by atoms with Gasteiger partial charge in [-0.3, -0.25) is 4.79 Å². The van der Waals surface area contributed by atoms with Crippen molar-refractivity contribution in [3.05, 3.63) is 66.1 Å². The molecule has 1 aliphatic heterocycles. The Morgan fingerprint density at radius 2 is 2.00 bits per heavy atom. The normalized spacial score (nSPS) is 16.8. The van der Waals surface area contributed by atoms with E-state index in [9.17, 15) is 4.79 Å². The predicted molar refractivity (Wildman–Crippen MR) is 104 cm³/mol. The zero-order valence-corrected chi connectivity index (χ0v) is 16.1. The van der Waals surface area contributed by atoms with E-state index < -0.39 is 0 Å². The first-order valence-electron chi connectivity index (χ1n) is 9.48. The molecule has 28 heavy (non-hydrogen) atoms. The monoisotopic (exact) mass is 377 g/mol. The average Bonchev–Trinajstić information content (AvgIpc) is 3.13. The second-order valence-electron chi connectivity index (χ2n) is 6.99. The van der Waals surface area contributed by atoms with Crippen LogP contribution in [0.4, 0.5) is 0 Å². The number of amides is 1. The highest BCUT2D eigenvalue weighted by Gasteiger charge is 2.32. The summed E-state index contributed by atoms with van der Waals surface area (Å²) in [5.41, 5.74) is 0.811. The molecule has 7 nitrogen and oxygen atoms in total. The van der Waals surface area contributed by atoms with Gasteiger partial charge in [0, 0.05) is 37.7 Å². The van der Waals surface area contributed by atoms with Gasteiger partial charge in [-0.1, -0.05) is 18.2 Å². The minimum absolute atomic E-state index is 0.0900. The number of carbonyl (C=O) groups excluding carboxylic acids is 1. The molecule has 3 heterocycles. The van der Waals surface area contributed by atoms with Crippen molar-refractivity contribution in [2.45, 2.75) is 32.2 Å². The van der Waals surface area contributed by atoms with Crippen LogP contribution in [-0.4, -0.2) is 36.9 Å². The van der Waals surface area contributed by atoms with Gasteiger partial charge in [0.25, 0.3) is 5.91 Å². The largest absolute Gasteiger partial charge is 0.439 e. The SMILES string of the molecule is Cc1cc(Oc2ccccc2)nc([C@H]2CCCCN2C(=O)c2nccn2C)n1. The van der Waals surface area contributed by atoms with Crippen molar-refractivity contribution in [1.82, 2.24) is 24.4 Å². The molecule has 2 aromatic heterocycles. The molecular weight excluding hydrogens is 354 g/mol. The third kappa shape index (κ3) is 3.74. The Morgan fingerprint density at radius 1 is 1.18 bits per heavy atom. The van der Waals surface area contributed by atoms with E-state index in [-0.39, 0.29) is 11.9 Å². The van der Waals surface area contributed by atoms with Crippen molar-refractivity contribution in [2.24, 2.45) is 7.05 Å². The molecule has 144 valence electrons. The summed E-state index contributed by atoms with van der Waals surface area (Å²) in [5, 5.41) is 0. The Hall–Kier alpha value is -3.22. The van der Waals surface area contributed by atoms with Crippen molar-refractivity contribution in [3.63, 3.8) is 0 Å². The fraction of sp³-hybridized carbons (Fsp3) is 0.333. The van der Waals surface area contributed by atoms with E-state index in [0.717, 1.165) is 30.7 Å². The summed E-state index contributed by atoms with van der Waals surface area (Å²) in [6.07, 6.45) is 6.24. The van der Waals surface area contributed by atoms with Gasteiger partial charge >= 0.3 is 0 Å². The topological polar surface area (TPSA) is 73.1 Å². The number of hydrogen-bond acceptors (Lipinski definition) is 5. The third-order valence-corrected chi connectivity index (χ3v) is 4.89. The Balaban J connectivity index is 1.64. The molecule has 3 aromatic rings. The van der Waals surface area contributed by atoms with Crippen LogP contribution in [-0.2, 0) is 7.05 Å².